The number of carbonyl (C=O) groups is 1. The Bertz CT molecular complexity index is 1200. The molecule has 0 bridgehead atoms. The van der Waals surface area contributed by atoms with E-state index in [2.05, 4.69) is 27.1 Å². The molecule has 5 rings (SSSR count). The Morgan fingerprint density at radius 3 is 2.75 bits per heavy atom. The lowest BCUT2D eigenvalue weighted by atomic mass is 10.2. The second kappa shape index (κ2) is 8.70. The Hall–Kier alpha value is -3.88. The molecule has 0 spiro atoms. The standard InChI is InChI=1S/C23H25N7O2/c24-19-15-20(25-23-26-22(27-30(19)23)18-9-5-14-32-18)29(16-17-7-2-1-3-8-17)13-6-12-28-11-4-10-21(28)31/h1-3,5,7-9,14-15H,4,6,10-13,16,24H2. The summed E-state index contributed by atoms with van der Waals surface area (Å²) in [6.45, 7) is 3.01. The molecule has 1 saturated heterocycles. The number of nitrogen functional groups attached to an aromatic ring is 1. The third-order valence-corrected chi connectivity index (χ3v) is 5.64. The van der Waals surface area contributed by atoms with Crippen LogP contribution in [0.1, 0.15) is 24.8 Å². The highest BCUT2D eigenvalue weighted by Gasteiger charge is 2.21. The Morgan fingerprint density at radius 2 is 2.00 bits per heavy atom. The van der Waals surface area contributed by atoms with Crippen LogP contribution in [0, 0.1) is 0 Å². The molecule has 164 valence electrons. The summed E-state index contributed by atoms with van der Waals surface area (Å²) in [6.07, 6.45) is 4.03. The van der Waals surface area contributed by atoms with Gasteiger partial charge in [0, 0.05) is 38.7 Å². The highest BCUT2D eigenvalue weighted by molar-refractivity contribution is 5.78. The van der Waals surface area contributed by atoms with Crippen LogP contribution in [0.3, 0.4) is 0 Å². The van der Waals surface area contributed by atoms with E-state index in [9.17, 15) is 4.79 Å². The summed E-state index contributed by atoms with van der Waals surface area (Å²) in [5.74, 6) is 2.84. The van der Waals surface area contributed by atoms with Crippen molar-refractivity contribution in [2.24, 2.45) is 0 Å². The number of hydrogen-bond acceptors (Lipinski definition) is 7. The number of nitrogens with zero attached hydrogens (tertiary/aromatic N) is 6. The van der Waals surface area contributed by atoms with Crippen molar-refractivity contribution in [3.63, 3.8) is 0 Å². The number of anilines is 2. The second-order valence-electron chi connectivity index (χ2n) is 7.91. The number of likely N-dealkylation sites (tertiary alicyclic amines) is 1. The maximum Gasteiger partial charge on any atom is 0.256 e. The fourth-order valence-electron chi connectivity index (χ4n) is 4.02. The summed E-state index contributed by atoms with van der Waals surface area (Å²) in [7, 11) is 0. The summed E-state index contributed by atoms with van der Waals surface area (Å²) in [6, 6.07) is 15.6. The molecule has 9 nitrogen and oxygen atoms in total. The average Bonchev–Trinajstić information content (AvgIpc) is 3.55. The van der Waals surface area contributed by atoms with Gasteiger partial charge >= 0.3 is 0 Å². The minimum absolute atomic E-state index is 0.248. The van der Waals surface area contributed by atoms with E-state index >= 15 is 0 Å². The van der Waals surface area contributed by atoms with Gasteiger partial charge in [-0.2, -0.15) is 14.5 Å². The molecule has 1 fully saturated rings. The van der Waals surface area contributed by atoms with Crippen LogP contribution in [-0.2, 0) is 11.3 Å². The van der Waals surface area contributed by atoms with Crippen LogP contribution in [0.2, 0.25) is 0 Å². The number of fused-ring (bicyclic) bond motifs is 1. The van der Waals surface area contributed by atoms with Crippen molar-refractivity contribution >= 4 is 23.3 Å². The van der Waals surface area contributed by atoms with Gasteiger partial charge in [0.1, 0.15) is 11.6 Å². The van der Waals surface area contributed by atoms with Crippen molar-refractivity contribution in [3.8, 4) is 11.6 Å². The Balaban J connectivity index is 1.41. The average molecular weight is 432 g/mol. The van der Waals surface area contributed by atoms with Gasteiger partial charge in [-0.1, -0.05) is 30.3 Å². The van der Waals surface area contributed by atoms with Gasteiger partial charge in [-0.05, 0) is 30.5 Å². The van der Waals surface area contributed by atoms with Crippen LogP contribution >= 0.6 is 0 Å². The van der Waals surface area contributed by atoms with Gasteiger partial charge in [0.2, 0.25) is 11.7 Å². The van der Waals surface area contributed by atoms with Crippen molar-refractivity contribution in [3.05, 3.63) is 60.4 Å². The summed E-state index contributed by atoms with van der Waals surface area (Å²) in [4.78, 5) is 25.3. The van der Waals surface area contributed by atoms with E-state index in [-0.39, 0.29) is 5.91 Å². The summed E-state index contributed by atoms with van der Waals surface area (Å²) < 4.78 is 6.93. The topological polar surface area (TPSA) is 106 Å². The highest BCUT2D eigenvalue weighted by atomic mass is 16.3. The Labute approximate surface area is 185 Å². The Kier molecular flexibility index (Phi) is 5.45. The maximum atomic E-state index is 12.0. The minimum atomic E-state index is 0.248. The smallest absolute Gasteiger partial charge is 0.256 e. The molecule has 0 radical (unpaired) electrons. The third kappa shape index (κ3) is 4.14. The molecule has 32 heavy (non-hydrogen) atoms. The first-order chi connectivity index (χ1) is 15.7. The first-order valence-electron chi connectivity index (χ1n) is 10.8. The van der Waals surface area contributed by atoms with Gasteiger partial charge in [-0.25, -0.2) is 0 Å². The van der Waals surface area contributed by atoms with Gasteiger partial charge in [-0.15, -0.1) is 5.10 Å². The molecule has 1 amide bonds. The fourth-order valence-corrected chi connectivity index (χ4v) is 4.02. The first kappa shape index (κ1) is 20.0. The van der Waals surface area contributed by atoms with E-state index < -0.39 is 0 Å². The second-order valence-corrected chi connectivity index (χ2v) is 7.91. The van der Waals surface area contributed by atoms with Crippen molar-refractivity contribution in [1.29, 1.82) is 0 Å². The van der Waals surface area contributed by atoms with Crippen LogP contribution in [0.25, 0.3) is 17.4 Å². The van der Waals surface area contributed by atoms with Crippen LogP contribution in [0.5, 0.6) is 0 Å². The van der Waals surface area contributed by atoms with E-state index in [1.807, 2.05) is 29.2 Å². The molecule has 1 aliphatic rings. The molecule has 1 aliphatic heterocycles. The molecular formula is C23H25N7O2. The quantitative estimate of drug-likeness (QED) is 0.457. The van der Waals surface area contributed by atoms with Crippen molar-refractivity contribution in [2.45, 2.75) is 25.8 Å². The van der Waals surface area contributed by atoms with E-state index in [1.54, 1.807) is 18.4 Å². The van der Waals surface area contributed by atoms with Gasteiger partial charge < -0.3 is 20.0 Å². The van der Waals surface area contributed by atoms with Crippen LogP contribution in [0.15, 0.2) is 59.2 Å². The number of rotatable bonds is 8. The molecule has 0 aliphatic carbocycles. The number of aromatic nitrogens is 4. The molecule has 9 heteroatoms. The number of carbonyl (C=O) groups excluding carboxylic acids is 1. The molecular weight excluding hydrogens is 406 g/mol. The van der Waals surface area contributed by atoms with Gasteiger partial charge in [0.05, 0.1) is 6.26 Å². The third-order valence-electron chi connectivity index (χ3n) is 5.64. The van der Waals surface area contributed by atoms with E-state index in [4.69, 9.17) is 15.1 Å². The van der Waals surface area contributed by atoms with Crippen molar-refractivity contribution in [2.75, 3.05) is 30.3 Å². The SMILES string of the molecule is Nc1cc(N(CCCN2CCCC2=O)Cc2ccccc2)nc2nc(-c3ccco3)nn12. The minimum Gasteiger partial charge on any atom is -0.461 e. The molecule has 3 aromatic heterocycles. The number of furan rings is 1. The molecule has 1 aromatic carbocycles. The lowest BCUT2D eigenvalue weighted by Crippen LogP contribution is -2.31. The molecule has 2 N–H and O–H groups in total. The number of nitrogens with two attached hydrogens (primary N) is 1. The van der Waals surface area contributed by atoms with Gasteiger partial charge in [0.25, 0.3) is 5.78 Å². The number of hydrogen-bond donors (Lipinski definition) is 1. The maximum absolute atomic E-state index is 12.0. The largest absolute Gasteiger partial charge is 0.461 e. The lowest BCUT2D eigenvalue weighted by molar-refractivity contribution is -0.127. The summed E-state index contributed by atoms with van der Waals surface area (Å²) in [5.41, 5.74) is 7.48. The van der Waals surface area contributed by atoms with Crippen molar-refractivity contribution in [1.82, 2.24) is 24.5 Å². The zero-order valence-electron chi connectivity index (χ0n) is 17.7. The van der Waals surface area contributed by atoms with Gasteiger partial charge in [-0.3, -0.25) is 4.79 Å². The van der Waals surface area contributed by atoms with E-state index in [1.165, 1.54) is 10.1 Å². The van der Waals surface area contributed by atoms with E-state index in [0.717, 1.165) is 38.3 Å². The van der Waals surface area contributed by atoms with Gasteiger partial charge in [0.15, 0.2) is 5.76 Å². The monoisotopic (exact) mass is 431 g/mol. The molecule has 0 saturated carbocycles. The fraction of sp³-hybridized carbons (Fsp3) is 0.304. The van der Waals surface area contributed by atoms with Crippen LogP contribution in [-0.4, -0.2) is 50.0 Å². The molecule has 0 atom stereocenters. The first-order valence-corrected chi connectivity index (χ1v) is 10.8. The molecule has 0 unspecified atom stereocenters. The van der Waals surface area contributed by atoms with Crippen molar-refractivity contribution < 1.29 is 9.21 Å². The molecule has 4 heterocycles. The summed E-state index contributed by atoms with van der Waals surface area (Å²) in [5, 5.41) is 4.42. The zero-order chi connectivity index (χ0) is 21.9. The van der Waals surface area contributed by atoms with E-state index in [0.29, 0.717) is 36.1 Å². The molecule has 4 aromatic rings. The Morgan fingerprint density at radius 1 is 1.12 bits per heavy atom. The predicted octanol–water partition coefficient (Wildman–Crippen LogP) is 2.99. The van der Waals surface area contributed by atoms with Crippen LogP contribution < -0.4 is 10.6 Å². The number of amides is 1. The highest BCUT2D eigenvalue weighted by Crippen LogP contribution is 2.23. The number of benzene rings is 1. The predicted molar refractivity (Wildman–Crippen MR) is 121 cm³/mol. The van der Waals surface area contributed by atoms with Crippen LogP contribution in [0.4, 0.5) is 11.6 Å². The lowest BCUT2D eigenvalue weighted by Gasteiger charge is -2.25. The normalized spacial score (nSPS) is 13.9. The summed E-state index contributed by atoms with van der Waals surface area (Å²) >= 11 is 0. The zero-order valence-corrected chi connectivity index (χ0v) is 17.7.